The number of amides is 1. The van der Waals surface area contributed by atoms with Gasteiger partial charge in [0.1, 0.15) is 5.82 Å². The van der Waals surface area contributed by atoms with Gasteiger partial charge in [-0.15, -0.1) is 0 Å². The Morgan fingerprint density at radius 1 is 1.15 bits per heavy atom. The highest BCUT2D eigenvalue weighted by molar-refractivity contribution is 5.93. The Morgan fingerprint density at radius 3 is 2.67 bits per heavy atom. The molecule has 5 nitrogen and oxygen atoms in total. The number of nitrogens with zero attached hydrogens (tertiary/aromatic N) is 2. The van der Waals surface area contributed by atoms with Crippen LogP contribution in [0.15, 0.2) is 36.4 Å². The molecule has 2 aromatic carbocycles. The number of benzene rings is 2. The Balaban J connectivity index is 1.36. The zero-order valence-corrected chi connectivity index (χ0v) is 20.1. The molecule has 0 saturated carbocycles. The van der Waals surface area contributed by atoms with Crippen molar-refractivity contribution in [2.75, 3.05) is 36.4 Å². The van der Waals surface area contributed by atoms with E-state index in [4.69, 9.17) is 5.73 Å². The number of likely N-dealkylation sites (tertiary alicyclic amines) is 1. The maximum atomic E-state index is 14.3. The predicted molar refractivity (Wildman–Crippen MR) is 133 cm³/mol. The van der Waals surface area contributed by atoms with Gasteiger partial charge >= 0.3 is 0 Å². The van der Waals surface area contributed by atoms with Gasteiger partial charge in [-0.3, -0.25) is 9.69 Å². The van der Waals surface area contributed by atoms with Gasteiger partial charge in [0.05, 0.1) is 0 Å². The first-order chi connectivity index (χ1) is 15.8. The number of carbonyl (C=O) groups excluding carboxylic acids is 1. The molecule has 2 fully saturated rings. The molecule has 0 aromatic heterocycles. The third-order valence-electron chi connectivity index (χ3n) is 7.50. The summed E-state index contributed by atoms with van der Waals surface area (Å²) in [5, 5.41) is 3.05. The van der Waals surface area contributed by atoms with Crippen LogP contribution in [0, 0.1) is 25.6 Å². The van der Waals surface area contributed by atoms with Gasteiger partial charge in [-0.25, -0.2) is 4.39 Å². The summed E-state index contributed by atoms with van der Waals surface area (Å²) in [6, 6.07) is 12.3. The third-order valence-corrected chi connectivity index (χ3v) is 7.50. The highest BCUT2D eigenvalue weighted by Crippen LogP contribution is 2.27. The molecule has 2 unspecified atom stereocenters. The average molecular weight is 453 g/mol. The molecular weight excluding hydrogens is 415 g/mol. The van der Waals surface area contributed by atoms with Crippen molar-refractivity contribution < 1.29 is 9.18 Å². The molecule has 0 spiro atoms. The zero-order chi connectivity index (χ0) is 23.5. The van der Waals surface area contributed by atoms with E-state index in [0.29, 0.717) is 24.1 Å². The lowest BCUT2D eigenvalue weighted by atomic mass is 9.94. The van der Waals surface area contributed by atoms with Crippen LogP contribution in [0.5, 0.6) is 0 Å². The summed E-state index contributed by atoms with van der Waals surface area (Å²) in [6.45, 7) is 9.96. The van der Waals surface area contributed by atoms with Gasteiger partial charge in [0, 0.05) is 42.5 Å². The lowest BCUT2D eigenvalue weighted by Crippen LogP contribution is -2.46. The van der Waals surface area contributed by atoms with E-state index in [2.05, 4.69) is 27.2 Å². The Hall–Kier alpha value is -2.44. The van der Waals surface area contributed by atoms with Gasteiger partial charge in [-0.1, -0.05) is 19.1 Å². The number of hydrogen-bond acceptors (Lipinski definition) is 4. The largest absolute Gasteiger partial charge is 0.370 e. The SMILES string of the molecule is Cc1ccc(F)c(CC(C)C(=O)Nc2cccc(N3CCC(N4CCC(N)CC4)C3)c2)c1C. The number of nitrogens with one attached hydrogen (secondary N) is 1. The number of rotatable bonds is 6. The summed E-state index contributed by atoms with van der Waals surface area (Å²) in [6.07, 6.45) is 3.72. The van der Waals surface area contributed by atoms with Crippen molar-refractivity contribution in [1.82, 2.24) is 4.90 Å². The van der Waals surface area contributed by atoms with Crippen LogP contribution in [0.3, 0.4) is 0 Å². The van der Waals surface area contributed by atoms with Gasteiger partial charge < -0.3 is 16.0 Å². The fraction of sp³-hybridized carbons (Fsp3) is 0.519. The Kier molecular flexibility index (Phi) is 7.35. The maximum Gasteiger partial charge on any atom is 0.227 e. The van der Waals surface area contributed by atoms with Crippen molar-refractivity contribution in [3.05, 3.63) is 58.9 Å². The molecule has 2 aromatic rings. The minimum absolute atomic E-state index is 0.0867. The van der Waals surface area contributed by atoms with E-state index in [9.17, 15) is 9.18 Å². The molecule has 4 rings (SSSR count). The molecule has 1 amide bonds. The fourth-order valence-electron chi connectivity index (χ4n) is 5.10. The zero-order valence-electron chi connectivity index (χ0n) is 20.1. The number of piperidine rings is 1. The molecule has 2 heterocycles. The second-order valence-electron chi connectivity index (χ2n) is 9.87. The monoisotopic (exact) mass is 452 g/mol. The number of aryl methyl sites for hydroxylation is 1. The molecule has 2 aliphatic heterocycles. The molecule has 0 aliphatic carbocycles. The number of anilines is 2. The molecular formula is C27H37FN4O. The summed E-state index contributed by atoms with van der Waals surface area (Å²) in [5.41, 5.74) is 10.6. The Bertz CT molecular complexity index is 986. The maximum absolute atomic E-state index is 14.3. The van der Waals surface area contributed by atoms with Crippen molar-refractivity contribution in [1.29, 1.82) is 0 Å². The van der Waals surface area contributed by atoms with Gasteiger partial charge in [0.25, 0.3) is 0 Å². The minimum atomic E-state index is -0.328. The summed E-state index contributed by atoms with van der Waals surface area (Å²) >= 11 is 0. The van der Waals surface area contributed by atoms with Crippen LogP contribution in [0.25, 0.3) is 0 Å². The number of nitrogens with two attached hydrogens (primary N) is 1. The van der Waals surface area contributed by atoms with E-state index in [1.54, 1.807) is 6.07 Å². The molecule has 0 radical (unpaired) electrons. The molecule has 178 valence electrons. The van der Waals surface area contributed by atoms with E-state index in [1.807, 2.05) is 32.9 Å². The normalized spacial score (nSPS) is 20.8. The van der Waals surface area contributed by atoms with Crippen LogP contribution in [0.4, 0.5) is 15.8 Å². The van der Waals surface area contributed by atoms with Crippen molar-refractivity contribution in [2.45, 2.75) is 58.5 Å². The topological polar surface area (TPSA) is 61.6 Å². The van der Waals surface area contributed by atoms with Crippen molar-refractivity contribution in [3.63, 3.8) is 0 Å². The molecule has 2 aliphatic rings. The Labute approximate surface area is 197 Å². The van der Waals surface area contributed by atoms with E-state index in [1.165, 1.54) is 6.07 Å². The van der Waals surface area contributed by atoms with Gasteiger partial charge in [0.2, 0.25) is 5.91 Å². The van der Waals surface area contributed by atoms with Crippen LogP contribution in [-0.4, -0.2) is 49.1 Å². The number of carbonyl (C=O) groups is 1. The Morgan fingerprint density at radius 2 is 1.91 bits per heavy atom. The fourth-order valence-corrected chi connectivity index (χ4v) is 5.10. The van der Waals surface area contributed by atoms with Crippen LogP contribution < -0.4 is 16.0 Å². The summed E-state index contributed by atoms with van der Waals surface area (Å²) in [7, 11) is 0. The van der Waals surface area contributed by atoms with Crippen molar-refractivity contribution >= 4 is 17.3 Å². The molecule has 3 N–H and O–H groups in total. The smallest absolute Gasteiger partial charge is 0.227 e. The van der Waals surface area contributed by atoms with Gasteiger partial charge in [0.15, 0.2) is 0 Å². The summed E-state index contributed by atoms with van der Waals surface area (Å²) in [4.78, 5) is 17.9. The highest BCUT2D eigenvalue weighted by atomic mass is 19.1. The lowest BCUT2D eigenvalue weighted by Gasteiger charge is -2.34. The molecule has 2 atom stereocenters. The van der Waals surface area contributed by atoms with Crippen LogP contribution >= 0.6 is 0 Å². The molecule has 6 heteroatoms. The third kappa shape index (κ3) is 5.56. The van der Waals surface area contributed by atoms with Gasteiger partial charge in [-0.2, -0.15) is 0 Å². The lowest BCUT2D eigenvalue weighted by molar-refractivity contribution is -0.119. The second-order valence-corrected chi connectivity index (χ2v) is 9.87. The van der Waals surface area contributed by atoms with Crippen molar-refractivity contribution in [3.8, 4) is 0 Å². The van der Waals surface area contributed by atoms with E-state index >= 15 is 0 Å². The van der Waals surface area contributed by atoms with E-state index < -0.39 is 0 Å². The van der Waals surface area contributed by atoms with Crippen LogP contribution in [0.2, 0.25) is 0 Å². The van der Waals surface area contributed by atoms with Gasteiger partial charge in [-0.05, 0) is 93.6 Å². The predicted octanol–water partition coefficient (Wildman–Crippen LogP) is 4.26. The number of halogens is 1. The summed E-state index contributed by atoms with van der Waals surface area (Å²) < 4.78 is 14.3. The number of hydrogen-bond donors (Lipinski definition) is 2. The molecule has 2 saturated heterocycles. The minimum Gasteiger partial charge on any atom is -0.370 e. The molecule has 33 heavy (non-hydrogen) atoms. The van der Waals surface area contributed by atoms with E-state index in [0.717, 1.165) is 67.9 Å². The standard InChI is InChI=1S/C27H37FN4O/c1-18-7-8-26(28)25(20(18)3)15-19(2)27(33)30-22-5-4-6-23(16-22)32-14-11-24(17-32)31-12-9-21(29)10-13-31/h4-8,16,19,21,24H,9-15,17,29H2,1-3H3,(H,30,33). The van der Waals surface area contributed by atoms with Crippen LogP contribution in [-0.2, 0) is 11.2 Å². The first-order valence-electron chi connectivity index (χ1n) is 12.2. The average Bonchev–Trinajstić information content (AvgIpc) is 3.30. The highest BCUT2D eigenvalue weighted by Gasteiger charge is 2.30. The van der Waals surface area contributed by atoms with E-state index in [-0.39, 0.29) is 17.6 Å². The van der Waals surface area contributed by atoms with Crippen molar-refractivity contribution in [2.24, 2.45) is 11.7 Å². The second kappa shape index (κ2) is 10.2. The van der Waals surface area contributed by atoms with Crippen LogP contribution in [0.1, 0.15) is 42.9 Å². The molecule has 0 bridgehead atoms. The first-order valence-corrected chi connectivity index (χ1v) is 12.2. The quantitative estimate of drug-likeness (QED) is 0.688. The first kappa shape index (κ1) is 23.7. The summed E-state index contributed by atoms with van der Waals surface area (Å²) in [5.74, 6) is -0.652.